The lowest BCUT2D eigenvalue weighted by Crippen LogP contribution is -2.75. The van der Waals surface area contributed by atoms with Crippen LogP contribution in [0, 0.1) is 0 Å². The zero-order valence-corrected chi connectivity index (χ0v) is 20.2. The van der Waals surface area contributed by atoms with Crippen LogP contribution in [0.5, 0.6) is 0 Å². The molecule has 0 saturated carbocycles. The second kappa shape index (κ2) is 9.44. The summed E-state index contributed by atoms with van der Waals surface area (Å²) in [5.41, 5.74) is -0.219. The van der Waals surface area contributed by atoms with Gasteiger partial charge in [-0.05, 0) is 27.7 Å². The van der Waals surface area contributed by atoms with E-state index in [1.54, 1.807) is 27.2 Å². The minimum atomic E-state index is -3.27. The molecule has 0 radical (unpaired) electrons. The van der Waals surface area contributed by atoms with Crippen molar-refractivity contribution < 1.29 is 0 Å². The van der Waals surface area contributed by atoms with Crippen molar-refractivity contribution in [3.05, 3.63) is 155 Å². The summed E-state index contributed by atoms with van der Waals surface area (Å²) in [4.78, 5) is 28.2. The first-order valence-corrected chi connectivity index (χ1v) is 13.4. The third-order valence-electron chi connectivity index (χ3n) is 6.23. The number of nitrogens with zero attached hydrogens (tertiary/aromatic N) is 3. The van der Waals surface area contributed by atoms with Gasteiger partial charge in [-0.3, -0.25) is 0 Å². The van der Waals surface area contributed by atoms with Crippen molar-refractivity contribution >= 4 is 23.8 Å². The van der Waals surface area contributed by atoms with Crippen LogP contribution in [0.4, 0.5) is 0 Å². The Morgan fingerprint density at radius 3 is 1.40 bits per heavy atom. The summed E-state index contributed by atoms with van der Waals surface area (Å²) in [6, 6.07) is 39.2. The molecule has 5 nitrogen and oxygen atoms in total. The van der Waals surface area contributed by atoms with E-state index in [0.29, 0.717) is 5.69 Å². The molecule has 0 N–H and O–H groups in total. The number of allylic oxidation sites excluding steroid dienone is 1. The van der Waals surface area contributed by atoms with Crippen LogP contribution < -0.4 is 26.9 Å². The predicted molar refractivity (Wildman–Crippen MR) is 144 cm³/mol. The molecule has 1 heterocycles. The van der Waals surface area contributed by atoms with Gasteiger partial charge >= 0.3 is 11.4 Å². The van der Waals surface area contributed by atoms with Crippen molar-refractivity contribution in [1.29, 1.82) is 0 Å². The molecule has 0 bridgehead atoms. The van der Waals surface area contributed by atoms with Crippen molar-refractivity contribution in [3.8, 4) is 5.69 Å². The summed E-state index contributed by atoms with van der Waals surface area (Å²) in [6.45, 7) is 4.08. The maximum atomic E-state index is 14.4. The molecule has 5 rings (SSSR count). The lowest BCUT2D eigenvalue weighted by Gasteiger charge is -2.34. The van der Waals surface area contributed by atoms with E-state index in [-0.39, 0.29) is 17.9 Å². The molecule has 6 heteroatoms. The molecule has 0 aliphatic carbocycles. The minimum Gasteiger partial charge on any atom is -0.246 e. The topological polar surface area (TPSA) is 48.9 Å². The summed E-state index contributed by atoms with van der Waals surface area (Å²) in [7, 11) is -3.27. The Bertz CT molecular complexity index is 1460. The Morgan fingerprint density at radius 1 is 0.600 bits per heavy atom. The van der Waals surface area contributed by atoms with Crippen molar-refractivity contribution in [1.82, 2.24) is 13.6 Å². The number of rotatable bonds is 7. The first kappa shape index (κ1) is 22.4. The van der Waals surface area contributed by atoms with Gasteiger partial charge in [-0.2, -0.15) is 0 Å². The van der Waals surface area contributed by atoms with Gasteiger partial charge in [0.1, 0.15) is 0 Å². The lowest BCUT2D eigenvalue weighted by atomic mass is 10.3. The van der Waals surface area contributed by atoms with E-state index in [1.165, 1.54) is 4.57 Å². The Morgan fingerprint density at radius 2 is 1.00 bits per heavy atom. The average Bonchev–Trinajstić information content (AvgIpc) is 3.17. The summed E-state index contributed by atoms with van der Waals surface area (Å²) in [6.07, 6.45) is 1.66. The van der Waals surface area contributed by atoms with Crippen molar-refractivity contribution in [2.24, 2.45) is 0 Å². The van der Waals surface area contributed by atoms with E-state index in [2.05, 4.69) is 43.0 Å². The summed E-state index contributed by atoms with van der Waals surface area (Å²) < 4.78 is 4.53. The second-order valence-corrected chi connectivity index (χ2v) is 11.8. The van der Waals surface area contributed by atoms with Crippen molar-refractivity contribution in [2.45, 2.75) is 6.54 Å². The van der Waals surface area contributed by atoms with Crippen LogP contribution in [0.1, 0.15) is 0 Å². The quantitative estimate of drug-likeness (QED) is 0.206. The molecule has 0 amide bonds. The highest BCUT2D eigenvalue weighted by Crippen LogP contribution is 2.11. The van der Waals surface area contributed by atoms with Crippen LogP contribution in [0.3, 0.4) is 0 Å². The van der Waals surface area contributed by atoms with Gasteiger partial charge in [-0.1, -0.05) is 115 Å². The molecule has 0 unspecified atom stereocenters. The highest BCUT2D eigenvalue weighted by atomic mass is 28.3. The van der Waals surface area contributed by atoms with Crippen molar-refractivity contribution in [2.75, 3.05) is 0 Å². The SMILES string of the molecule is C=CCn1c(=O)n(-c2ccccc2)c(=O)n1[Si](c1ccccc1)(c1ccccc1)c1ccccc1. The fraction of sp³-hybridized carbons (Fsp3) is 0.0345. The van der Waals surface area contributed by atoms with Gasteiger partial charge in [-0.25, -0.2) is 23.2 Å². The standard InChI is InChI=1S/C29H25N3O2Si/c1-2-23-30-28(33)31(24-15-7-3-8-16-24)29(34)32(30)35(25-17-9-4-10-18-25,26-19-11-5-12-20-26)27-21-13-6-14-22-27/h2-22H,1,23H2. The van der Waals surface area contributed by atoms with Gasteiger partial charge in [0.25, 0.3) is 8.24 Å². The van der Waals surface area contributed by atoms with E-state index in [4.69, 9.17) is 0 Å². The van der Waals surface area contributed by atoms with E-state index in [9.17, 15) is 9.59 Å². The molecule has 0 fully saturated rings. The van der Waals surface area contributed by atoms with Gasteiger partial charge in [0.15, 0.2) is 0 Å². The van der Waals surface area contributed by atoms with Crippen LogP contribution in [-0.2, 0) is 6.54 Å². The molecule has 4 aromatic carbocycles. The second-order valence-electron chi connectivity index (χ2n) is 8.23. The number of aromatic nitrogens is 3. The van der Waals surface area contributed by atoms with Crippen molar-refractivity contribution in [3.63, 3.8) is 0 Å². The van der Waals surface area contributed by atoms with Crippen LogP contribution in [-0.4, -0.2) is 21.8 Å². The fourth-order valence-corrected chi connectivity index (χ4v) is 9.46. The molecule has 172 valence electrons. The van der Waals surface area contributed by atoms with Crippen LogP contribution in [0.25, 0.3) is 5.69 Å². The molecule has 0 aliphatic heterocycles. The maximum absolute atomic E-state index is 14.4. The first-order valence-electron chi connectivity index (χ1n) is 11.5. The highest BCUT2D eigenvalue weighted by Gasteiger charge is 2.46. The fourth-order valence-electron chi connectivity index (χ4n) is 4.79. The minimum absolute atomic E-state index is 0.204. The number of benzene rings is 4. The zero-order chi connectivity index (χ0) is 24.3. The smallest absolute Gasteiger partial charge is 0.246 e. The summed E-state index contributed by atoms with van der Waals surface area (Å²) in [5, 5.41) is 3.01. The van der Waals surface area contributed by atoms with Gasteiger partial charge < -0.3 is 0 Å². The van der Waals surface area contributed by atoms with Crippen LogP contribution in [0.15, 0.2) is 144 Å². The molecule has 0 atom stereocenters. The Balaban J connectivity index is 2.01. The first-order chi connectivity index (χ1) is 17.2. The van der Waals surface area contributed by atoms with Crippen LogP contribution >= 0.6 is 0 Å². The normalized spacial score (nSPS) is 11.3. The van der Waals surface area contributed by atoms with E-state index >= 15 is 0 Å². The van der Waals surface area contributed by atoms with Crippen LogP contribution in [0.2, 0.25) is 0 Å². The number of hydrogen-bond donors (Lipinski definition) is 0. The van der Waals surface area contributed by atoms with Gasteiger partial charge in [-0.15, -0.1) is 6.58 Å². The average molecular weight is 476 g/mol. The molecular formula is C29H25N3O2Si. The maximum Gasteiger partial charge on any atom is 0.351 e. The summed E-state index contributed by atoms with van der Waals surface area (Å²) in [5.74, 6) is 0. The third-order valence-corrected chi connectivity index (χ3v) is 10.8. The zero-order valence-electron chi connectivity index (χ0n) is 19.2. The molecule has 35 heavy (non-hydrogen) atoms. The highest BCUT2D eigenvalue weighted by molar-refractivity contribution is 7.10. The van der Waals surface area contributed by atoms with Gasteiger partial charge in [0.05, 0.1) is 12.2 Å². The predicted octanol–water partition coefficient (Wildman–Crippen LogP) is 2.50. The molecule has 0 aliphatic rings. The molecule has 0 spiro atoms. The van der Waals surface area contributed by atoms with E-state index in [1.807, 2.05) is 72.8 Å². The van der Waals surface area contributed by atoms with Gasteiger partial charge in [0.2, 0.25) is 0 Å². The van der Waals surface area contributed by atoms with E-state index < -0.39 is 8.24 Å². The van der Waals surface area contributed by atoms with E-state index in [0.717, 1.165) is 15.6 Å². The molecule has 1 aromatic heterocycles. The van der Waals surface area contributed by atoms with Gasteiger partial charge in [0, 0.05) is 0 Å². The Kier molecular flexibility index (Phi) is 6.04. The Labute approximate surface area is 204 Å². The lowest BCUT2D eigenvalue weighted by molar-refractivity contribution is 0.615. The summed E-state index contributed by atoms with van der Waals surface area (Å²) >= 11 is 0. The molecular weight excluding hydrogens is 450 g/mol. The monoisotopic (exact) mass is 475 g/mol. The molecule has 5 aromatic rings. The third kappa shape index (κ3) is 3.64. The number of para-hydroxylation sites is 1. The Hall–Kier alpha value is -4.42. The number of hydrogen-bond acceptors (Lipinski definition) is 2. The largest absolute Gasteiger partial charge is 0.351 e. The molecule has 0 saturated heterocycles.